The van der Waals surface area contributed by atoms with Gasteiger partial charge in [0, 0.05) is 46.0 Å². The Morgan fingerprint density at radius 3 is 2.25 bits per heavy atom. The Morgan fingerprint density at radius 1 is 1.03 bits per heavy atom. The fourth-order valence-corrected chi connectivity index (χ4v) is 3.38. The molecule has 1 aromatic carbocycles. The van der Waals surface area contributed by atoms with Gasteiger partial charge in [0.2, 0.25) is 5.91 Å². The number of nitrogens with two attached hydrogens (primary N) is 1. The van der Waals surface area contributed by atoms with Crippen molar-refractivity contribution in [2.24, 2.45) is 5.73 Å². The zero-order chi connectivity index (χ0) is 26.6. The molecular weight excluding hydrogens is 468 g/mol. The molecule has 36 heavy (non-hydrogen) atoms. The molecule has 0 fully saturated rings. The number of benzene rings is 1. The van der Waals surface area contributed by atoms with E-state index in [0.717, 1.165) is 6.42 Å². The van der Waals surface area contributed by atoms with Gasteiger partial charge in [-0.1, -0.05) is 6.07 Å². The Labute approximate surface area is 213 Å². The molecule has 1 unspecified atom stereocenters. The van der Waals surface area contributed by atoms with Gasteiger partial charge >= 0.3 is 0 Å². The van der Waals surface area contributed by atoms with Crippen LogP contribution < -0.4 is 16.4 Å². The van der Waals surface area contributed by atoms with E-state index in [0.29, 0.717) is 77.4 Å². The van der Waals surface area contributed by atoms with Crippen LogP contribution in [0.15, 0.2) is 18.2 Å². The zero-order valence-corrected chi connectivity index (χ0v) is 21.3. The molecule has 1 aromatic rings. The fourth-order valence-electron chi connectivity index (χ4n) is 3.38. The van der Waals surface area contributed by atoms with Gasteiger partial charge in [-0.25, -0.2) is 0 Å². The summed E-state index contributed by atoms with van der Waals surface area (Å²) in [6.45, 7) is 4.28. The lowest BCUT2D eigenvalue weighted by Crippen LogP contribution is -2.47. The van der Waals surface area contributed by atoms with E-state index >= 15 is 0 Å². The highest BCUT2D eigenvalue weighted by molar-refractivity contribution is 6.05. The summed E-state index contributed by atoms with van der Waals surface area (Å²) in [7, 11) is 2.95. The minimum atomic E-state index is -0.825. The second kappa shape index (κ2) is 19.3. The highest BCUT2D eigenvalue weighted by atomic mass is 16.5. The number of carbonyl (C=O) groups excluding carboxylic acids is 4. The molecule has 0 aliphatic rings. The molecule has 1 atom stereocenters. The summed E-state index contributed by atoms with van der Waals surface area (Å²) in [5.41, 5.74) is 6.30. The van der Waals surface area contributed by atoms with Crippen molar-refractivity contribution in [3.63, 3.8) is 0 Å². The predicted molar refractivity (Wildman–Crippen MR) is 136 cm³/mol. The van der Waals surface area contributed by atoms with Crippen molar-refractivity contribution in [1.82, 2.24) is 10.2 Å². The topological polar surface area (TPSA) is 149 Å². The highest BCUT2D eigenvalue weighted by Crippen LogP contribution is 2.21. The average molecular weight is 509 g/mol. The smallest absolute Gasteiger partial charge is 0.255 e. The molecule has 0 bridgehead atoms. The molecule has 0 heterocycles. The van der Waals surface area contributed by atoms with E-state index in [-0.39, 0.29) is 29.9 Å². The number of amides is 2. The normalized spacial score (nSPS) is 11.5. The minimum absolute atomic E-state index is 0.135. The van der Waals surface area contributed by atoms with E-state index in [4.69, 9.17) is 19.9 Å². The monoisotopic (exact) mass is 508 g/mol. The quantitative estimate of drug-likeness (QED) is 0.162. The first-order valence-corrected chi connectivity index (χ1v) is 12.2. The molecule has 4 N–H and O–H groups in total. The van der Waals surface area contributed by atoms with Crippen molar-refractivity contribution < 1.29 is 33.4 Å². The van der Waals surface area contributed by atoms with Gasteiger partial charge < -0.3 is 40.3 Å². The summed E-state index contributed by atoms with van der Waals surface area (Å²) in [5.74, 6) is -0.857. The molecule has 11 nitrogen and oxygen atoms in total. The van der Waals surface area contributed by atoms with Crippen molar-refractivity contribution in [3.8, 4) is 0 Å². The molecule has 0 radical (unpaired) electrons. The minimum Gasteiger partial charge on any atom is -0.384 e. The maximum atomic E-state index is 13.1. The van der Waals surface area contributed by atoms with Gasteiger partial charge in [0.1, 0.15) is 12.3 Å². The fraction of sp³-hybridized carbons (Fsp3) is 0.600. The number of ether oxygens (including phenoxy) is 3. The average Bonchev–Trinajstić information content (AvgIpc) is 2.90. The number of carbonyl (C=O) groups is 4. The molecule has 0 aliphatic heterocycles. The van der Waals surface area contributed by atoms with Crippen LogP contribution in [0.2, 0.25) is 0 Å². The predicted octanol–water partition coefficient (Wildman–Crippen LogP) is 0.865. The number of rotatable bonds is 21. The lowest BCUT2D eigenvalue weighted by molar-refractivity contribution is -0.125. The van der Waals surface area contributed by atoms with Crippen molar-refractivity contribution in [2.75, 3.05) is 72.1 Å². The molecule has 11 heteroatoms. The van der Waals surface area contributed by atoms with E-state index in [2.05, 4.69) is 10.6 Å². The van der Waals surface area contributed by atoms with Gasteiger partial charge in [0.05, 0.1) is 37.6 Å². The van der Waals surface area contributed by atoms with E-state index in [1.54, 1.807) is 18.2 Å². The largest absolute Gasteiger partial charge is 0.384 e. The van der Waals surface area contributed by atoms with Gasteiger partial charge in [-0.05, 0) is 37.9 Å². The van der Waals surface area contributed by atoms with Crippen LogP contribution in [-0.2, 0) is 23.8 Å². The van der Waals surface area contributed by atoms with Crippen LogP contribution in [0.4, 0.5) is 5.69 Å². The third-order valence-electron chi connectivity index (χ3n) is 5.37. The maximum Gasteiger partial charge on any atom is 0.255 e. The van der Waals surface area contributed by atoms with Crippen LogP contribution in [0.5, 0.6) is 0 Å². The summed E-state index contributed by atoms with van der Waals surface area (Å²) in [6.07, 6.45) is 3.17. The van der Waals surface area contributed by atoms with E-state index < -0.39 is 11.9 Å². The Bertz CT molecular complexity index is 807. The number of hydrogen-bond donors (Lipinski definition) is 3. The Morgan fingerprint density at radius 2 is 1.67 bits per heavy atom. The molecule has 0 spiro atoms. The summed E-state index contributed by atoms with van der Waals surface area (Å²) >= 11 is 0. The maximum absolute atomic E-state index is 13.1. The number of nitrogens with zero attached hydrogens (tertiary/aromatic N) is 1. The zero-order valence-electron chi connectivity index (χ0n) is 21.3. The van der Waals surface area contributed by atoms with Crippen LogP contribution in [0.3, 0.4) is 0 Å². The number of anilines is 1. The summed E-state index contributed by atoms with van der Waals surface area (Å²) in [5, 5.41) is 5.68. The summed E-state index contributed by atoms with van der Waals surface area (Å²) in [6, 6.07) is 4.10. The summed E-state index contributed by atoms with van der Waals surface area (Å²) in [4.78, 5) is 49.2. The second-order valence-corrected chi connectivity index (χ2v) is 7.93. The first-order valence-electron chi connectivity index (χ1n) is 12.2. The number of aldehydes is 2. The number of likely N-dealkylation sites (N-methyl/N-ethyl adjacent to an activating group) is 2. The second-order valence-electron chi connectivity index (χ2n) is 7.93. The van der Waals surface area contributed by atoms with Gasteiger partial charge in [0.15, 0.2) is 6.29 Å². The Hall–Kier alpha value is -2.86. The lowest BCUT2D eigenvalue weighted by atomic mass is 10.0. The van der Waals surface area contributed by atoms with Crippen molar-refractivity contribution in [3.05, 3.63) is 29.3 Å². The number of hydrogen-bond acceptors (Lipinski definition) is 9. The summed E-state index contributed by atoms with van der Waals surface area (Å²) < 4.78 is 16.3. The third-order valence-corrected chi connectivity index (χ3v) is 5.37. The van der Waals surface area contributed by atoms with E-state index in [9.17, 15) is 19.2 Å². The molecule has 0 aromatic heterocycles. The van der Waals surface area contributed by atoms with Crippen molar-refractivity contribution in [1.29, 1.82) is 0 Å². The number of nitrogens with one attached hydrogen (secondary N) is 2. The van der Waals surface area contributed by atoms with Gasteiger partial charge in [-0.15, -0.1) is 0 Å². The van der Waals surface area contributed by atoms with Crippen LogP contribution in [-0.4, -0.2) is 102 Å². The van der Waals surface area contributed by atoms with Crippen LogP contribution >= 0.6 is 0 Å². The van der Waals surface area contributed by atoms with Gasteiger partial charge in [0.25, 0.3) is 5.91 Å². The first kappa shape index (κ1) is 31.2. The van der Waals surface area contributed by atoms with Crippen LogP contribution in [0, 0.1) is 0 Å². The van der Waals surface area contributed by atoms with Crippen molar-refractivity contribution in [2.45, 2.75) is 31.7 Å². The van der Waals surface area contributed by atoms with Crippen LogP contribution in [0.25, 0.3) is 0 Å². The molecule has 0 saturated heterocycles. The SMILES string of the molecule is CNC(=O)C(CCC=O)N(C)C(=O)c1cccc(NCCCOCCOCCOCCCN)c1C=O. The third kappa shape index (κ3) is 11.3. The molecule has 1 rings (SSSR count). The van der Waals surface area contributed by atoms with E-state index in [1.807, 2.05) is 0 Å². The highest BCUT2D eigenvalue weighted by Gasteiger charge is 2.28. The molecule has 2 amide bonds. The standard InChI is InChI=1S/C25H40N4O7/c1-27-24(32)23(9-4-12-30)29(2)25(33)20-7-3-8-22(21(20)19-31)28-11-6-14-35-16-18-36-17-15-34-13-5-10-26/h3,7-8,12,19,23,28H,4-6,9-11,13-18,26H2,1-2H3,(H,27,32). The first-order chi connectivity index (χ1) is 17.5. The Kier molecular flexibility index (Phi) is 16.7. The lowest BCUT2D eigenvalue weighted by Gasteiger charge is -2.27. The molecule has 0 saturated carbocycles. The van der Waals surface area contributed by atoms with E-state index in [1.165, 1.54) is 19.0 Å². The Balaban J connectivity index is 2.51. The molecule has 202 valence electrons. The van der Waals surface area contributed by atoms with Crippen molar-refractivity contribution >= 4 is 30.1 Å². The van der Waals surface area contributed by atoms with Crippen LogP contribution in [0.1, 0.15) is 46.4 Å². The molecule has 0 aliphatic carbocycles. The van der Waals surface area contributed by atoms with Gasteiger partial charge in [-0.3, -0.25) is 14.4 Å². The molecular formula is C25H40N4O7. The van der Waals surface area contributed by atoms with Gasteiger partial charge in [-0.2, -0.15) is 0 Å².